The van der Waals surface area contributed by atoms with Crippen molar-refractivity contribution in [3.63, 3.8) is 0 Å². The fourth-order valence-corrected chi connectivity index (χ4v) is 2.87. The molecule has 0 unspecified atom stereocenters. The molecule has 2 aromatic rings. The van der Waals surface area contributed by atoms with Gasteiger partial charge in [0.1, 0.15) is 11.7 Å². The molecule has 0 saturated carbocycles. The number of carboxylic acids is 2. The molecule has 32 heavy (non-hydrogen) atoms. The number of amides is 2. The smallest absolute Gasteiger partial charge is 0.326 e. The maximum atomic E-state index is 12.8. The fraction of sp³-hybridized carbons (Fsp3) is 0.182. The summed E-state index contributed by atoms with van der Waals surface area (Å²) in [6, 6.07) is 11.6. The van der Waals surface area contributed by atoms with Gasteiger partial charge in [0.15, 0.2) is 11.5 Å². The first-order chi connectivity index (χ1) is 15.3. The Morgan fingerprint density at radius 3 is 2.41 bits per heavy atom. The van der Waals surface area contributed by atoms with Crippen molar-refractivity contribution in [1.29, 1.82) is 0 Å². The molecule has 166 valence electrons. The van der Waals surface area contributed by atoms with Gasteiger partial charge >= 0.3 is 11.9 Å². The van der Waals surface area contributed by atoms with Crippen LogP contribution in [0.15, 0.2) is 54.2 Å². The predicted octanol–water partition coefficient (Wildman–Crippen LogP) is 1.62. The molecule has 0 radical (unpaired) electrons. The average molecular weight is 440 g/mol. The Morgan fingerprint density at radius 1 is 1.00 bits per heavy atom. The first kappa shape index (κ1) is 22.3. The van der Waals surface area contributed by atoms with Gasteiger partial charge in [-0.3, -0.25) is 14.4 Å². The lowest BCUT2D eigenvalue weighted by Crippen LogP contribution is -2.44. The number of nitrogens with one attached hydrogen (secondary N) is 2. The standard InChI is InChI=1S/C22H20N2O8/c25-19(26)9-7-15(22(29)30)23-21(28)16(24-20(27)14-4-2-1-3-5-14)10-13-6-8-17-18(11-13)32-12-31-17/h1-6,8,10-11,15H,7,9,12H2,(H,23,28)(H,24,27)(H,25,26)(H,29,30)/b16-10-/t15-/m0/s1. The second-order valence-corrected chi connectivity index (χ2v) is 6.79. The van der Waals surface area contributed by atoms with Gasteiger partial charge in [-0.25, -0.2) is 4.79 Å². The zero-order valence-corrected chi connectivity index (χ0v) is 16.7. The van der Waals surface area contributed by atoms with Gasteiger partial charge in [-0.15, -0.1) is 0 Å². The first-order valence-corrected chi connectivity index (χ1v) is 9.56. The van der Waals surface area contributed by atoms with E-state index in [9.17, 15) is 24.3 Å². The van der Waals surface area contributed by atoms with E-state index in [1.54, 1.807) is 48.5 Å². The number of ether oxygens (including phenoxy) is 2. The summed E-state index contributed by atoms with van der Waals surface area (Å²) in [7, 11) is 0. The SMILES string of the molecule is O=C(O)CC[C@H](NC(=O)/C(=C/c1ccc2c(c1)OCO2)NC(=O)c1ccccc1)C(=O)O. The zero-order valence-electron chi connectivity index (χ0n) is 16.7. The van der Waals surface area contributed by atoms with Crippen LogP contribution >= 0.6 is 0 Å². The quantitative estimate of drug-likeness (QED) is 0.430. The van der Waals surface area contributed by atoms with Crippen molar-refractivity contribution in [1.82, 2.24) is 10.6 Å². The van der Waals surface area contributed by atoms with E-state index in [-0.39, 0.29) is 24.5 Å². The summed E-state index contributed by atoms with van der Waals surface area (Å²) in [6.45, 7) is 0.0600. The van der Waals surface area contributed by atoms with Crippen LogP contribution in [-0.4, -0.2) is 46.8 Å². The fourth-order valence-electron chi connectivity index (χ4n) is 2.87. The molecule has 2 amide bonds. The lowest BCUT2D eigenvalue weighted by atomic mass is 10.1. The summed E-state index contributed by atoms with van der Waals surface area (Å²) in [6.07, 6.45) is 0.587. The summed E-state index contributed by atoms with van der Waals surface area (Å²) in [5, 5.41) is 22.9. The topological polar surface area (TPSA) is 151 Å². The van der Waals surface area contributed by atoms with Gasteiger partial charge in [0.05, 0.1) is 0 Å². The minimum Gasteiger partial charge on any atom is -0.481 e. The van der Waals surface area contributed by atoms with E-state index in [0.717, 1.165) is 0 Å². The van der Waals surface area contributed by atoms with Crippen LogP contribution in [0.5, 0.6) is 11.5 Å². The minimum absolute atomic E-state index is 0.0600. The largest absolute Gasteiger partial charge is 0.481 e. The van der Waals surface area contributed by atoms with E-state index >= 15 is 0 Å². The molecule has 1 heterocycles. The van der Waals surface area contributed by atoms with Crippen LogP contribution in [0.25, 0.3) is 6.08 Å². The molecule has 1 aliphatic heterocycles. The van der Waals surface area contributed by atoms with Crippen molar-refractivity contribution in [2.24, 2.45) is 0 Å². The van der Waals surface area contributed by atoms with Crippen LogP contribution in [0.2, 0.25) is 0 Å². The number of hydrogen-bond donors (Lipinski definition) is 4. The summed E-state index contributed by atoms with van der Waals surface area (Å²) in [5.41, 5.74) is 0.557. The Hall–Kier alpha value is -4.34. The lowest BCUT2D eigenvalue weighted by Gasteiger charge is -2.16. The molecule has 2 aromatic carbocycles. The number of benzene rings is 2. The molecule has 0 saturated heterocycles. The van der Waals surface area contributed by atoms with Gasteiger partial charge in [0.2, 0.25) is 6.79 Å². The number of carbonyl (C=O) groups is 4. The van der Waals surface area contributed by atoms with E-state index in [0.29, 0.717) is 17.1 Å². The first-order valence-electron chi connectivity index (χ1n) is 9.56. The summed E-state index contributed by atoms with van der Waals surface area (Å²) in [4.78, 5) is 47.7. The monoisotopic (exact) mass is 440 g/mol. The van der Waals surface area contributed by atoms with Crippen LogP contribution < -0.4 is 20.1 Å². The molecule has 4 N–H and O–H groups in total. The van der Waals surface area contributed by atoms with E-state index in [1.165, 1.54) is 6.08 Å². The lowest BCUT2D eigenvalue weighted by molar-refractivity contribution is -0.142. The molecule has 0 spiro atoms. The van der Waals surface area contributed by atoms with E-state index in [1.807, 2.05) is 0 Å². The van der Waals surface area contributed by atoms with Crippen LogP contribution in [-0.2, 0) is 14.4 Å². The zero-order chi connectivity index (χ0) is 23.1. The summed E-state index contributed by atoms with van der Waals surface area (Å²) < 4.78 is 10.6. The van der Waals surface area contributed by atoms with E-state index in [4.69, 9.17) is 14.6 Å². The third-order valence-electron chi connectivity index (χ3n) is 4.49. The molecule has 10 heteroatoms. The van der Waals surface area contributed by atoms with Crippen molar-refractivity contribution < 1.29 is 38.9 Å². The molecule has 3 rings (SSSR count). The Labute approximate surface area is 182 Å². The maximum absolute atomic E-state index is 12.8. The van der Waals surface area contributed by atoms with Crippen LogP contribution in [0, 0.1) is 0 Å². The highest BCUT2D eigenvalue weighted by Gasteiger charge is 2.24. The molecule has 0 bridgehead atoms. The van der Waals surface area contributed by atoms with Crippen LogP contribution in [0.4, 0.5) is 0 Å². The second-order valence-electron chi connectivity index (χ2n) is 6.79. The Bertz CT molecular complexity index is 1060. The van der Waals surface area contributed by atoms with Crippen molar-refractivity contribution in [3.8, 4) is 11.5 Å². The summed E-state index contributed by atoms with van der Waals surface area (Å²) in [5.74, 6) is -3.07. The van der Waals surface area contributed by atoms with E-state index < -0.39 is 36.2 Å². The van der Waals surface area contributed by atoms with Gasteiger partial charge in [-0.05, 0) is 42.3 Å². The van der Waals surface area contributed by atoms with Gasteiger partial charge in [0, 0.05) is 12.0 Å². The Balaban J connectivity index is 1.86. The van der Waals surface area contributed by atoms with Crippen molar-refractivity contribution in [3.05, 3.63) is 65.4 Å². The second kappa shape index (κ2) is 10.1. The van der Waals surface area contributed by atoms with E-state index in [2.05, 4.69) is 10.6 Å². The predicted molar refractivity (Wildman–Crippen MR) is 111 cm³/mol. The average Bonchev–Trinajstić information content (AvgIpc) is 3.24. The van der Waals surface area contributed by atoms with Crippen molar-refractivity contribution in [2.75, 3.05) is 6.79 Å². The molecule has 10 nitrogen and oxygen atoms in total. The highest BCUT2D eigenvalue weighted by Crippen LogP contribution is 2.33. The number of carboxylic acid groups (broad SMARTS) is 2. The Morgan fingerprint density at radius 2 is 1.72 bits per heavy atom. The highest BCUT2D eigenvalue weighted by molar-refractivity contribution is 6.06. The van der Waals surface area contributed by atoms with Gasteiger partial charge in [0.25, 0.3) is 11.8 Å². The third kappa shape index (κ3) is 5.85. The third-order valence-corrected chi connectivity index (χ3v) is 4.49. The van der Waals surface area contributed by atoms with Crippen LogP contribution in [0.1, 0.15) is 28.8 Å². The molecule has 0 aliphatic carbocycles. The number of rotatable bonds is 9. The highest BCUT2D eigenvalue weighted by atomic mass is 16.7. The maximum Gasteiger partial charge on any atom is 0.326 e. The van der Waals surface area contributed by atoms with Crippen molar-refractivity contribution >= 4 is 29.8 Å². The number of hydrogen-bond acceptors (Lipinski definition) is 6. The summed E-state index contributed by atoms with van der Waals surface area (Å²) >= 11 is 0. The van der Waals surface area contributed by atoms with Crippen LogP contribution in [0.3, 0.4) is 0 Å². The van der Waals surface area contributed by atoms with Gasteiger partial charge < -0.3 is 30.3 Å². The molecule has 1 aliphatic rings. The van der Waals surface area contributed by atoms with Gasteiger partial charge in [-0.1, -0.05) is 24.3 Å². The molecular formula is C22H20N2O8. The minimum atomic E-state index is -1.45. The number of aliphatic carboxylic acids is 2. The molecule has 0 aromatic heterocycles. The normalized spacial score (nSPS) is 13.2. The molecular weight excluding hydrogens is 420 g/mol. The van der Waals surface area contributed by atoms with Gasteiger partial charge in [-0.2, -0.15) is 0 Å². The van der Waals surface area contributed by atoms with Crippen molar-refractivity contribution in [2.45, 2.75) is 18.9 Å². The Kier molecular flexibility index (Phi) is 7.06. The molecule has 0 fully saturated rings. The number of carbonyl (C=O) groups excluding carboxylic acids is 2. The number of fused-ring (bicyclic) bond motifs is 1. The molecule has 1 atom stereocenters.